The molecule has 1 N–H and O–H groups in total. The molecule has 5 nitrogen and oxygen atoms in total. The van der Waals surface area contributed by atoms with E-state index in [1.54, 1.807) is 17.4 Å². The lowest BCUT2D eigenvalue weighted by Crippen LogP contribution is -2.02. The molecule has 2 aromatic heterocycles. The van der Waals surface area contributed by atoms with Gasteiger partial charge in [-0.25, -0.2) is 4.98 Å². The summed E-state index contributed by atoms with van der Waals surface area (Å²) in [6, 6.07) is 5.00. The second-order valence-electron chi connectivity index (χ2n) is 3.74. The average molecular weight is 263 g/mol. The lowest BCUT2D eigenvalue weighted by atomic mass is 10.1. The van der Waals surface area contributed by atoms with Gasteiger partial charge in [-0.1, -0.05) is 0 Å². The Labute approximate surface area is 109 Å². The van der Waals surface area contributed by atoms with Gasteiger partial charge in [0.2, 0.25) is 0 Å². The quantitative estimate of drug-likeness (QED) is 0.677. The van der Waals surface area contributed by atoms with E-state index >= 15 is 0 Å². The Kier molecular flexibility index (Phi) is 3.57. The van der Waals surface area contributed by atoms with E-state index < -0.39 is 4.92 Å². The number of aryl methyl sites for hydroxylation is 1. The molecular weight excluding hydrogens is 250 g/mol. The summed E-state index contributed by atoms with van der Waals surface area (Å²) >= 11 is 1.56. The number of nitrogens with one attached hydrogen (secondary N) is 1. The van der Waals surface area contributed by atoms with Crippen molar-refractivity contribution in [1.29, 1.82) is 0 Å². The molecule has 18 heavy (non-hydrogen) atoms. The van der Waals surface area contributed by atoms with Crippen molar-refractivity contribution < 1.29 is 4.92 Å². The van der Waals surface area contributed by atoms with Crippen LogP contribution in [0.2, 0.25) is 0 Å². The summed E-state index contributed by atoms with van der Waals surface area (Å²) in [6.07, 6.45) is 0. The lowest BCUT2D eigenvalue weighted by Gasteiger charge is -2.06. The van der Waals surface area contributed by atoms with Gasteiger partial charge in [0.25, 0.3) is 5.69 Å². The number of anilines is 1. The molecule has 0 fully saturated rings. The van der Waals surface area contributed by atoms with Crippen LogP contribution in [0.4, 0.5) is 11.5 Å². The average Bonchev–Trinajstić information content (AvgIpc) is 2.75. The van der Waals surface area contributed by atoms with Crippen LogP contribution in [-0.2, 0) is 0 Å². The van der Waals surface area contributed by atoms with E-state index in [2.05, 4.69) is 10.3 Å². The van der Waals surface area contributed by atoms with Gasteiger partial charge in [0.1, 0.15) is 5.82 Å². The fourth-order valence-corrected chi connectivity index (χ4v) is 2.41. The first kappa shape index (κ1) is 12.5. The van der Waals surface area contributed by atoms with Gasteiger partial charge in [-0.15, -0.1) is 11.3 Å². The second-order valence-corrected chi connectivity index (χ2v) is 4.86. The highest BCUT2D eigenvalue weighted by Gasteiger charge is 2.19. The highest BCUT2D eigenvalue weighted by Crippen LogP contribution is 2.33. The molecule has 0 aliphatic heterocycles. The molecule has 6 heteroatoms. The molecule has 0 unspecified atom stereocenters. The van der Waals surface area contributed by atoms with Crippen molar-refractivity contribution in [3.63, 3.8) is 0 Å². The van der Waals surface area contributed by atoms with Crippen molar-refractivity contribution in [2.45, 2.75) is 13.8 Å². The number of nitro groups is 1. The molecule has 0 spiro atoms. The summed E-state index contributed by atoms with van der Waals surface area (Å²) in [5, 5.41) is 16.0. The Hall–Kier alpha value is -1.95. The summed E-state index contributed by atoms with van der Waals surface area (Å²) < 4.78 is 0. The summed E-state index contributed by atoms with van der Waals surface area (Å²) in [4.78, 5) is 16.0. The maximum absolute atomic E-state index is 11.0. The molecule has 0 saturated carbocycles. The van der Waals surface area contributed by atoms with Crippen LogP contribution in [0.3, 0.4) is 0 Å². The van der Waals surface area contributed by atoms with Crippen LogP contribution in [0.5, 0.6) is 0 Å². The van der Waals surface area contributed by atoms with Crippen LogP contribution in [0, 0.1) is 17.0 Å². The van der Waals surface area contributed by atoms with Gasteiger partial charge in [-0.2, -0.15) is 0 Å². The Bertz CT molecular complexity index is 580. The molecule has 0 aliphatic carbocycles. The summed E-state index contributed by atoms with van der Waals surface area (Å²) in [5.41, 5.74) is 1.29. The van der Waals surface area contributed by atoms with E-state index in [4.69, 9.17) is 0 Å². The monoisotopic (exact) mass is 263 g/mol. The van der Waals surface area contributed by atoms with Gasteiger partial charge < -0.3 is 5.32 Å². The molecule has 0 amide bonds. The standard InChI is InChI=1S/C12H13N3O2S/c1-3-13-11-5-4-10(15(16)17)12(14-11)9-6-7-18-8(9)2/h4-7H,3H2,1-2H3,(H,13,14). The largest absolute Gasteiger partial charge is 0.370 e. The minimum Gasteiger partial charge on any atom is -0.370 e. The predicted octanol–water partition coefficient (Wildman–Crippen LogP) is 3.46. The first-order chi connectivity index (χ1) is 8.63. The van der Waals surface area contributed by atoms with E-state index in [1.165, 1.54) is 6.07 Å². The van der Waals surface area contributed by atoms with Crippen LogP contribution in [-0.4, -0.2) is 16.5 Å². The van der Waals surface area contributed by atoms with E-state index in [0.29, 0.717) is 11.5 Å². The number of hydrogen-bond donors (Lipinski definition) is 1. The Morgan fingerprint density at radius 3 is 2.78 bits per heavy atom. The molecule has 0 radical (unpaired) electrons. The molecule has 0 bridgehead atoms. The van der Waals surface area contributed by atoms with E-state index in [0.717, 1.165) is 17.0 Å². The molecule has 2 rings (SSSR count). The maximum Gasteiger partial charge on any atom is 0.295 e. The fraction of sp³-hybridized carbons (Fsp3) is 0.250. The molecule has 0 saturated heterocycles. The normalized spacial score (nSPS) is 10.3. The zero-order valence-corrected chi connectivity index (χ0v) is 11.0. The number of nitrogens with zero attached hydrogens (tertiary/aromatic N) is 2. The zero-order valence-electron chi connectivity index (χ0n) is 10.1. The number of hydrogen-bond acceptors (Lipinski definition) is 5. The third-order valence-electron chi connectivity index (χ3n) is 2.54. The highest BCUT2D eigenvalue weighted by atomic mass is 32.1. The smallest absolute Gasteiger partial charge is 0.295 e. The van der Waals surface area contributed by atoms with Crippen LogP contribution in [0.1, 0.15) is 11.8 Å². The van der Waals surface area contributed by atoms with Gasteiger partial charge in [-0.3, -0.25) is 10.1 Å². The first-order valence-electron chi connectivity index (χ1n) is 5.57. The number of pyridine rings is 1. The van der Waals surface area contributed by atoms with Crippen molar-refractivity contribution in [2.24, 2.45) is 0 Å². The third-order valence-corrected chi connectivity index (χ3v) is 3.39. The molecule has 2 heterocycles. The fourth-order valence-electron chi connectivity index (χ4n) is 1.71. The van der Waals surface area contributed by atoms with Crippen molar-refractivity contribution in [3.05, 3.63) is 38.6 Å². The van der Waals surface area contributed by atoms with Crippen LogP contribution < -0.4 is 5.32 Å². The van der Waals surface area contributed by atoms with Gasteiger partial charge >= 0.3 is 0 Å². The second kappa shape index (κ2) is 5.14. The number of thiophene rings is 1. The Balaban J connectivity index is 2.58. The highest BCUT2D eigenvalue weighted by molar-refractivity contribution is 7.10. The van der Waals surface area contributed by atoms with Gasteiger partial charge in [0.05, 0.1) is 4.92 Å². The molecule has 0 aliphatic rings. The third kappa shape index (κ3) is 2.33. The first-order valence-corrected chi connectivity index (χ1v) is 6.45. The SMILES string of the molecule is CCNc1ccc([N+](=O)[O-])c(-c2ccsc2C)n1. The van der Waals surface area contributed by atoms with E-state index in [-0.39, 0.29) is 5.69 Å². The summed E-state index contributed by atoms with van der Waals surface area (Å²) in [5.74, 6) is 0.656. The van der Waals surface area contributed by atoms with Crippen LogP contribution in [0.15, 0.2) is 23.6 Å². The van der Waals surface area contributed by atoms with E-state index in [1.807, 2.05) is 25.3 Å². The number of aromatic nitrogens is 1. The minimum absolute atomic E-state index is 0.0400. The summed E-state index contributed by atoms with van der Waals surface area (Å²) in [6.45, 7) is 4.62. The van der Waals surface area contributed by atoms with Crippen molar-refractivity contribution >= 4 is 22.8 Å². The van der Waals surface area contributed by atoms with Crippen molar-refractivity contribution in [2.75, 3.05) is 11.9 Å². The Morgan fingerprint density at radius 2 is 2.22 bits per heavy atom. The zero-order chi connectivity index (χ0) is 13.1. The van der Waals surface area contributed by atoms with Crippen molar-refractivity contribution in [1.82, 2.24) is 4.98 Å². The molecular formula is C12H13N3O2S. The maximum atomic E-state index is 11.0. The topological polar surface area (TPSA) is 68.1 Å². The predicted molar refractivity (Wildman–Crippen MR) is 73.1 cm³/mol. The van der Waals surface area contributed by atoms with Crippen molar-refractivity contribution in [3.8, 4) is 11.3 Å². The Morgan fingerprint density at radius 1 is 1.44 bits per heavy atom. The lowest BCUT2D eigenvalue weighted by molar-refractivity contribution is -0.384. The van der Waals surface area contributed by atoms with Crippen LogP contribution >= 0.6 is 11.3 Å². The van der Waals surface area contributed by atoms with Gasteiger partial charge in [0, 0.05) is 23.1 Å². The molecule has 94 valence electrons. The molecule has 0 aromatic carbocycles. The number of rotatable bonds is 4. The minimum atomic E-state index is -0.394. The molecule has 2 aromatic rings. The van der Waals surface area contributed by atoms with Gasteiger partial charge in [0.15, 0.2) is 5.69 Å². The van der Waals surface area contributed by atoms with Gasteiger partial charge in [-0.05, 0) is 31.4 Å². The summed E-state index contributed by atoms with van der Waals surface area (Å²) in [7, 11) is 0. The molecule has 0 atom stereocenters. The van der Waals surface area contributed by atoms with Crippen LogP contribution in [0.25, 0.3) is 11.3 Å². The van der Waals surface area contributed by atoms with E-state index in [9.17, 15) is 10.1 Å².